The van der Waals surface area contributed by atoms with Gasteiger partial charge in [-0.3, -0.25) is 0 Å². The molecule has 7 heteroatoms. The summed E-state index contributed by atoms with van der Waals surface area (Å²) in [6, 6.07) is 3.46. The first-order valence-corrected chi connectivity index (χ1v) is 6.91. The Hall–Kier alpha value is -1.53. The Balaban J connectivity index is 2.11. The molecule has 0 bridgehead atoms. The summed E-state index contributed by atoms with van der Waals surface area (Å²) in [7, 11) is 1.33. The maximum absolute atomic E-state index is 11.5. The summed E-state index contributed by atoms with van der Waals surface area (Å²) >= 11 is 9.29. The van der Waals surface area contributed by atoms with Crippen molar-refractivity contribution in [1.29, 1.82) is 0 Å². The number of pyridine rings is 1. The molecular weight excluding hydrogens is 348 g/mol. The molecule has 0 aromatic carbocycles. The summed E-state index contributed by atoms with van der Waals surface area (Å²) in [5.41, 5.74) is 1.09. The van der Waals surface area contributed by atoms with E-state index in [9.17, 15) is 4.79 Å². The summed E-state index contributed by atoms with van der Waals surface area (Å²) in [6.07, 6.45) is 1.61. The fraction of sp³-hybridized carbons (Fsp3) is 0.231. The van der Waals surface area contributed by atoms with Gasteiger partial charge in [0.15, 0.2) is 5.15 Å². The number of esters is 1. The van der Waals surface area contributed by atoms with E-state index in [1.54, 1.807) is 19.2 Å². The van der Waals surface area contributed by atoms with Crippen LogP contribution in [-0.4, -0.2) is 18.1 Å². The van der Waals surface area contributed by atoms with Crippen LogP contribution in [0.3, 0.4) is 0 Å². The van der Waals surface area contributed by atoms with E-state index in [-0.39, 0.29) is 0 Å². The van der Waals surface area contributed by atoms with Gasteiger partial charge in [-0.05, 0) is 35.0 Å². The largest absolute Gasteiger partial charge is 0.465 e. The predicted octanol–water partition coefficient (Wildman–Crippen LogP) is 3.80. The fourth-order valence-corrected chi connectivity index (χ4v) is 2.17. The third-order valence-corrected chi connectivity index (χ3v) is 3.37. The summed E-state index contributed by atoms with van der Waals surface area (Å²) < 4.78 is 11.0. The number of nitrogens with zero attached hydrogens (tertiary/aromatic N) is 1. The van der Waals surface area contributed by atoms with Gasteiger partial charge in [-0.15, -0.1) is 0 Å². The van der Waals surface area contributed by atoms with Gasteiger partial charge >= 0.3 is 5.97 Å². The monoisotopic (exact) mass is 358 g/mol. The first kappa shape index (κ1) is 14.9. The number of methoxy groups -OCH3 is 1. The second kappa shape index (κ2) is 6.28. The zero-order valence-corrected chi connectivity index (χ0v) is 13.2. The Morgan fingerprint density at radius 2 is 2.30 bits per heavy atom. The summed E-state index contributed by atoms with van der Waals surface area (Å²) in [4.78, 5) is 15.5. The van der Waals surface area contributed by atoms with Crippen LogP contribution in [0, 0.1) is 6.92 Å². The van der Waals surface area contributed by atoms with Crippen LogP contribution < -0.4 is 5.32 Å². The van der Waals surface area contributed by atoms with Gasteiger partial charge in [-0.1, -0.05) is 11.6 Å². The van der Waals surface area contributed by atoms with Crippen molar-refractivity contribution in [3.63, 3.8) is 0 Å². The zero-order chi connectivity index (χ0) is 14.7. The van der Waals surface area contributed by atoms with Crippen LogP contribution >= 0.6 is 27.5 Å². The van der Waals surface area contributed by atoms with Gasteiger partial charge in [0, 0.05) is 10.7 Å². The molecule has 0 aliphatic heterocycles. The van der Waals surface area contributed by atoms with Crippen LogP contribution in [-0.2, 0) is 11.3 Å². The van der Waals surface area contributed by atoms with Crippen LogP contribution in [0.5, 0.6) is 0 Å². The highest BCUT2D eigenvalue weighted by Crippen LogP contribution is 2.24. The molecule has 2 aromatic heterocycles. The molecule has 0 saturated heterocycles. The summed E-state index contributed by atoms with van der Waals surface area (Å²) in [6.45, 7) is 2.10. The smallest absolute Gasteiger partial charge is 0.341 e. The van der Waals surface area contributed by atoms with Crippen molar-refractivity contribution in [2.75, 3.05) is 12.4 Å². The lowest BCUT2D eigenvalue weighted by Gasteiger charge is -2.06. The Morgan fingerprint density at radius 3 is 3.00 bits per heavy atom. The first-order chi connectivity index (χ1) is 9.51. The molecule has 2 heterocycles. The highest BCUT2D eigenvalue weighted by atomic mass is 79.9. The minimum Gasteiger partial charge on any atom is -0.465 e. The highest BCUT2D eigenvalue weighted by Gasteiger charge is 2.15. The lowest BCUT2D eigenvalue weighted by Crippen LogP contribution is -2.01. The van der Waals surface area contributed by atoms with E-state index in [0.717, 1.165) is 4.47 Å². The Kier molecular flexibility index (Phi) is 4.67. The number of aryl methyl sites for hydroxylation is 1. The van der Waals surface area contributed by atoms with Gasteiger partial charge < -0.3 is 14.5 Å². The normalized spacial score (nSPS) is 10.4. The SMILES string of the molecule is COC(=O)c1cc(CNc2cc(Br)cnc2Cl)oc1C. The molecule has 0 spiro atoms. The van der Waals surface area contributed by atoms with Gasteiger partial charge in [0.05, 0.1) is 19.3 Å². The number of ether oxygens (including phenoxy) is 1. The van der Waals surface area contributed by atoms with Crippen LogP contribution in [0.1, 0.15) is 21.9 Å². The van der Waals surface area contributed by atoms with E-state index in [0.29, 0.717) is 34.5 Å². The maximum atomic E-state index is 11.5. The van der Waals surface area contributed by atoms with Crippen LogP contribution in [0.15, 0.2) is 27.2 Å². The lowest BCUT2D eigenvalue weighted by atomic mass is 10.2. The molecule has 5 nitrogen and oxygen atoms in total. The second-order valence-electron chi connectivity index (χ2n) is 4.02. The maximum Gasteiger partial charge on any atom is 0.341 e. The third-order valence-electron chi connectivity index (χ3n) is 2.63. The minimum absolute atomic E-state index is 0.365. The molecule has 0 fully saturated rings. The number of carbonyl (C=O) groups excluding carboxylic acids is 1. The number of nitrogens with one attached hydrogen (secondary N) is 1. The molecule has 0 saturated carbocycles. The molecule has 0 aliphatic carbocycles. The van der Waals surface area contributed by atoms with E-state index in [1.165, 1.54) is 7.11 Å². The lowest BCUT2D eigenvalue weighted by molar-refractivity contribution is 0.0599. The quantitative estimate of drug-likeness (QED) is 0.664. The Labute approximate surface area is 129 Å². The topological polar surface area (TPSA) is 64.4 Å². The first-order valence-electron chi connectivity index (χ1n) is 5.73. The molecule has 0 unspecified atom stereocenters. The fourth-order valence-electron chi connectivity index (χ4n) is 1.67. The zero-order valence-electron chi connectivity index (χ0n) is 10.9. The van der Waals surface area contributed by atoms with Crippen molar-refractivity contribution < 1.29 is 13.9 Å². The van der Waals surface area contributed by atoms with Crippen molar-refractivity contribution in [3.05, 3.63) is 45.0 Å². The highest BCUT2D eigenvalue weighted by molar-refractivity contribution is 9.10. The average molecular weight is 360 g/mol. The molecule has 20 heavy (non-hydrogen) atoms. The van der Waals surface area contributed by atoms with Gasteiger partial charge in [0.1, 0.15) is 17.1 Å². The van der Waals surface area contributed by atoms with E-state index in [2.05, 4.69) is 31.0 Å². The number of aromatic nitrogens is 1. The van der Waals surface area contributed by atoms with E-state index in [4.69, 9.17) is 16.0 Å². The molecule has 2 rings (SSSR count). The number of furan rings is 1. The van der Waals surface area contributed by atoms with E-state index >= 15 is 0 Å². The van der Waals surface area contributed by atoms with Crippen molar-refractivity contribution in [2.24, 2.45) is 0 Å². The summed E-state index contributed by atoms with van der Waals surface area (Å²) in [5, 5.41) is 3.46. The van der Waals surface area contributed by atoms with E-state index < -0.39 is 5.97 Å². The Morgan fingerprint density at radius 1 is 1.55 bits per heavy atom. The van der Waals surface area contributed by atoms with Gasteiger partial charge in [0.25, 0.3) is 0 Å². The Bertz CT molecular complexity index is 643. The summed E-state index contributed by atoms with van der Waals surface area (Å²) in [5.74, 6) is 0.714. The van der Waals surface area contributed by atoms with E-state index in [1.807, 2.05) is 6.07 Å². The van der Waals surface area contributed by atoms with Crippen molar-refractivity contribution >= 4 is 39.2 Å². The number of hydrogen-bond donors (Lipinski definition) is 1. The molecule has 0 radical (unpaired) electrons. The molecular formula is C13H12BrClN2O3. The molecule has 1 N–H and O–H groups in total. The molecule has 0 atom stereocenters. The van der Waals surface area contributed by atoms with Crippen LogP contribution in [0.4, 0.5) is 5.69 Å². The van der Waals surface area contributed by atoms with Crippen molar-refractivity contribution in [3.8, 4) is 0 Å². The number of hydrogen-bond acceptors (Lipinski definition) is 5. The molecule has 0 amide bonds. The van der Waals surface area contributed by atoms with Gasteiger partial charge in [0.2, 0.25) is 0 Å². The van der Waals surface area contributed by atoms with Gasteiger partial charge in [-0.2, -0.15) is 0 Å². The number of carbonyl (C=O) groups is 1. The van der Waals surface area contributed by atoms with Gasteiger partial charge in [-0.25, -0.2) is 9.78 Å². The third kappa shape index (κ3) is 3.32. The molecule has 2 aromatic rings. The molecule has 0 aliphatic rings. The standard InChI is InChI=1S/C13H12BrClN2O3/c1-7-10(13(18)19-2)4-9(20-7)6-16-11-3-8(14)5-17-12(11)15/h3-5,16H,6H2,1-2H3. The predicted molar refractivity (Wildman–Crippen MR) is 79.1 cm³/mol. The molecule has 106 valence electrons. The van der Waals surface area contributed by atoms with Crippen molar-refractivity contribution in [1.82, 2.24) is 4.98 Å². The number of halogens is 2. The minimum atomic E-state index is -0.417. The van der Waals surface area contributed by atoms with Crippen LogP contribution in [0.25, 0.3) is 0 Å². The van der Waals surface area contributed by atoms with Crippen LogP contribution in [0.2, 0.25) is 5.15 Å². The average Bonchev–Trinajstić information content (AvgIpc) is 2.80. The second-order valence-corrected chi connectivity index (χ2v) is 5.29. The van der Waals surface area contributed by atoms with Crippen molar-refractivity contribution in [2.45, 2.75) is 13.5 Å². The number of rotatable bonds is 4. The number of anilines is 1.